The average molecular weight is 259 g/mol. The molecule has 0 fully saturated rings. The minimum absolute atomic E-state index is 0.0548. The van der Waals surface area contributed by atoms with Gasteiger partial charge in [-0.25, -0.2) is 0 Å². The number of ether oxygens (including phenoxy) is 2. The fourth-order valence-electron chi connectivity index (χ4n) is 1.74. The second-order valence-corrected chi connectivity index (χ2v) is 5.77. The van der Waals surface area contributed by atoms with E-state index in [1.807, 2.05) is 0 Å². The molecule has 0 rings (SSSR count). The van der Waals surface area contributed by atoms with Gasteiger partial charge in [0.15, 0.2) is 0 Å². The van der Waals surface area contributed by atoms with Crippen LogP contribution in [-0.2, 0) is 9.47 Å². The Hall–Kier alpha value is -0.120. The predicted octanol–water partition coefficient (Wildman–Crippen LogP) is 3.38. The van der Waals surface area contributed by atoms with Gasteiger partial charge in [-0.3, -0.25) is 0 Å². The zero-order valence-corrected chi connectivity index (χ0v) is 13.1. The summed E-state index contributed by atoms with van der Waals surface area (Å²) in [6, 6.07) is 0.652. The molecule has 0 saturated heterocycles. The summed E-state index contributed by atoms with van der Waals surface area (Å²) < 4.78 is 11.2. The van der Waals surface area contributed by atoms with Gasteiger partial charge in [-0.15, -0.1) is 0 Å². The summed E-state index contributed by atoms with van der Waals surface area (Å²) >= 11 is 0. The number of nitrogens with one attached hydrogen (secondary N) is 1. The molecule has 0 heterocycles. The van der Waals surface area contributed by atoms with E-state index in [9.17, 15) is 0 Å². The molecule has 1 N–H and O–H groups in total. The first-order chi connectivity index (χ1) is 8.49. The van der Waals surface area contributed by atoms with Crippen molar-refractivity contribution in [3.8, 4) is 0 Å². The maximum atomic E-state index is 5.59. The molecule has 3 nitrogen and oxygen atoms in total. The van der Waals surface area contributed by atoms with E-state index in [4.69, 9.17) is 9.47 Å². The average Bonchev–Trinajstić information content (AvgIpc) is 2.30. The van der Waals surface area contributed by atoms with Gasteiger partial charge in [-0.1, -0.05) is 13.8 Å². The van der Waals surface area contributed by atoms with Crippen LogP contribution in [0, 0.1) is 0 Å². The molecule has 0 spiro atoms. The minimum Gasteiger partial charge on any atom is -0.379 e. The zero-order chi connectivity index (χ0) is 13.9. The van der Waals surface area contributed by atoms with Gasteiger partial charge in [0.25, 0.3) is 0 Å². The molecule has 110 valence electrons. The molecule has 0 aliphatic rings. The summed E-state index contributed by atoms with van der Waals surface area (Å²) in [5, 5.41) is 3.56. The van der Waals surface area contributed by atoms with Gasteiger partial charge in [0.2, 0.25) is 0 Å². The summed E-state index contributed by atoms with van der Waals surface area (Å²) in [6.07, 6.45) is 4.74. The Balaban J connectivity index is 3.33. The predicted molar refractivity (Wildman–Crippen MR) is 78.1 cm³/mol. The molecule has 0 aromatic rings. The van der Waals surface area contributed by atoms with Crippen molar-refractivity contribution in [1.29, 1.82) is 0 Å². The standard InChI is InChI=1S/C15H33NO2/c1-6-10-16-14(7-2)9-8-11-17-12-13-18-15(3,4)5/h14,16H,6-13H2,1-5H3. The quantitative estimate of drug-likeness (QED) is 0.577. The van der Waals surface area contributed by atoms with E-state index in [-0.39, 0.29) is 5.60 Å². The molecular weight excluding hydrogens is 226 g/mol. The Bertz CT molecular complexity index is 178. The van der Waals surface area contributed by atoms with Crippen LogP contribution in [0.4, 0.5) is 0 Å². The third-order valence-corrected chi connectivity index (χ3v) is 2.78. The van der Waals surface area contributed by atoms with E-state index in [1.165, 1.54) is 19.3 Å². The molecule has 1 atom stereocenters. The lowest BCUT2D eigenvalue weighted by Gasteiger charge is -2.19. The molecule has 1 unspecified atom stereocenters. The van der Waals surface area contributed by atoms with Crippen molar-refractivity contribution < 1.29 is 9.47 Å². The van der Waals surface area contributed by atoms with Gasteiger partial charge in [0.1, 0.15) is 0 Å². The Labute approximate surface area is 114 Å². The topological polar surface area (TPSA) is 30.5 Å². The van der Waals surface area contributed by atoms with E-state index in [1.54, 1.807) is 0 Å². The van der Waals surface area contributed by atoms with Crippen LogP contribution in [0.3, 0.4) is 0 Å². The fourth-order valence-corrected chi connectivity index (χ4v) is 1.74. The van der Waals surface area contributed by atoms with E-state index >= 15 is 0 Å². The lowest BCUT2D eigenvalue weighted by molar-refractivity contribution is -0.0353. The molecule has 0 saturated carbocycles. The largest absolute Gasteiger partial charge is 0.379 e. The lowest BCUT2D eigenvalue weighted by atomic mass is 10.1. The van der Waals surface area contributed by atoms with Crippen LogP contribution in [-0.4, -0.2) is 38.0 Å². The van der Waals surface area contributed by atoms with E-state index < -0.39 is 0 Å². The Kier molecular flexibility index (Phi) is 10.7. The van der Waals surface area contributed by atoms with Gasteiger partial charge >= 0.3 is 0 Å². The van der Waals surface area contributed by atoms with Crippen LogP contribution in [0.5, 0.6) is 0 Å². The summed E-state index contributed by atoms with van der Waals surface area (Å²) in [7, 11) is 0. The van der Waals surface area contributed by atoms with Crippen LogP contribution < -0.4 is 5.32 Å². The van der Waals surface area contributed by atoms with Crippen molar-refractivity contribution in [2.24, 2.45) is 0 Å². The maximum absolute atomic E-state index is 5.59. The summed E-state index contributed by atoms with van der Waals surface area (Å²) in [4.78, 5) is 0. The second kappa shape index (κ2) is 10.8. The number of rotatable bonds is 11. The van der Waals surface area contributed by atoms with Gasteiger partial charge in [0, 0.05) is 12.6 Å². The van der Waals surface area contributed by atoms with Crippen LogP contribution in [0.2, 0.25) is 0 Å². The molecule has 0 bridgehead atoms. The maximum Gasteiger partial charge on any atom is 0.0707 e. The van der Waals surface area contributed by atoms with Crippen LogP contribution >= 0.6 is 0 Å². The smallest absolute Gasteiger partial charge is 0.0707 e. The normalized spacial score (nSPS) is 13.8. The van der Waals surface area contributed by atoms with Crippen molar-refractivity contribution in [2.75, 3.05) is 26.4 Å². The van der Waals surface area contributed by atoms with Crippen LogP contribution in [0.25, 0.3) is 0 Å². The molecular formula is C15H33NO2. The van der Waals surface area contributed by atoms with E-state index in [0.29, 0.717) is 19.3 Å². The first-order valence-electron chi connectivity index (χ1n) is 7.44. The fraction of sp³-hybridized carbons (Fsp3) is 1.00. The third-order valence-electron chi connectivity index (χ3n) is 2.78. The monoisotopic (exact) mass is 259 g/mol. The summed E-state index contributed by atoms with van der Waals surface area (Å²) in [5.41, 5.74) is -0.0548. The van der Waals surface area contributed by atoms with Crippen LogP contribution in [0.1, 0.15) is 60.3 Å². The SMILES string of the molecule is CCCNC(CC)CCCOCCOC(C)(C)C. The van der Waals surface area contributed by atoms with Crippen LogP contribution in [0.15, 0.2) is 0 Å². The highest BCUT2D eigenvalue weighted by Crippen LogP contribution is 2.06. The summed E-state index contributed by atoms with van der Waals surface area (Å²) in [5.74, 6) is 0. The van der Waals surface area contributed by atoms with Crippen molar-refractivity contribution in [3.63, 3.8) is 0 Å². The molecule has 0 aliphatic carbocycles. The highest BCUT2D eigenvalue weighted by molar-refractivity contribution is 4.64. The molecule has 0 radical (unpaired) electrons. The molecule has 0 aliphatic heterocycles. The molecule has 0 amide bonds. The van der Waals surface area contributed by atoms with Crippen molar-refractivity contribution in [3.05, 3.63) is 0 Å². The number of hydrogen-bond acceptors (Lipinski definition) is 3. The molecule has 18 heavy (non-hydrogen) atoms. The van der Waals surface area contributed by atoms with E-state index in [0.717, 1.165) is 19.6 Å². The van der Waals surface area contributed by atoms with Gasteiger partial charge in [-0.05, 0) is 53.0 Å². The zero-order valence-electron chi connectivity index (χ0n) is 13.1. The molecule has 0 aromatic heterocycles. The summed E-state index contributed by atoms with van der Waals surface area (Å²) in [6.45, 7) is 14.0. The Morgan fingerprint density at radius 1 is 1.06 bits per heavy atom. The van der Waals surface area contributed by atoms with Crippen molar-refractivity contribution >= 4 is 0 Å². The number of hydrogen-bond donors (Lipinski definition) is 1. The van der Waals surface area contributed by atoms with Crippen molar-refractivity contribution in [1.82, 2.24) is 5.32 Å². The van der Waals surface area contributed by atoms with Crippen molar-refractivity contribution in [2.45, 2.75) is 71.9 Å². The van der Waals surface area contributed by atoms with E-state index in [2.05, 4.69) is 39.9 Å². The highest BCUT2D eigenvalue weighted by Gasteiger charge is 2.09. The van der Waals surface area contributed by atoms with Gasteiger partial charge < -0.3 is 14.8 Å². The molecule has 0 aromatic carbocycles. The molecule has 3 heteroatoms. The van der Waals surface area contributed by atoms with Gasteiger partial charge in [-0.2, -0.15) is 0 Å². The lowest BCUT2D eigenvalue weighted by Crippen LogP contribution is -2.29. The Morgan fingerprint density at radius 2 is 1.78 bits per heavy atom. The van der Waals surface area contributed by atoms with Gasteiger partial charge in [0.05, 0.1) is 18.8 Å². The highest BCUT2D eigenvalue weighted by atomic mass is 16.5. The minimum atomic E-state index is -0.0548. The first-order valence-corrected chi connectivity index (χ1v) is 7.44. The Morgan fingerprint density at radius 3 is 2.33 bits per heavy atom. The second-order valence-electron chi connectivity index (χ2n) is 5.77. The first kappa shape index (κ1) is 17.9. The third kappa shape index (κ3) is 12.3.